The van der Waals surface area contributed by atoms with Crippen LogP contribution in [-0.4, -0.2) is 48.2 Å². The minimum atomic E-state index is -3.53. The van der Waals surface area contributed by atoms with Crippen LogP contribution in [0, 0.1) is 5.92 Å². The number of amides is 1. The number of carbonyl (C=O) groups is 1. The Hall–Kier alpha value is -3.30. The van der Waals surface area contributed by atoms with Crippen molar-refractivity contribution in [3.05, 3.63) is 59.8 Å². The lowest BCUT2D eigenvalue weighted by Gasteiger charge is -2.18. The predicted octanol–water partition coefficient (Wildman–Crippen LogP) is 2.71. The van der Waals surface area contributed by atoms with Gasteiger partial charge in [0, 0.05) is 36.3 Å². The van der Waals surface area contributed by atoms with E-state index in [2.05, 4.69) is 17.2 Å². The smallest absolute Gasteiger partial charge is 0.251 e. The summed E-state index contributed by atoms with van der Waals surface area (Å²) < 4.78 is 27.2. The molecule has 2 aromatic carbocycles. The summed E-state index contributed by atoms with van der Waals surface area (Å²) in [5.41, 5.74) is 10.4. The Morgan fingerprint density at radius 1 is 1.12 bits per heavy atom. The van der Waals surface area contributed by atoms with E-state index in [-0.39, 0.29) is 16.8 Å². The first-order chi connectivity index (χ1) is 15.8. The fourth-order valence-electron chi connectivity index (χ4n) is 4.28. The zero-order valence-electron chi connectivity index (χ0n) is 18.4. The van der Waals surface area contributed by atoms with E-state index in [1.165, 1.54) is 4.31 Å². The van der Waals surface area contributed by atoms with Crippen LogP contribution in [0.3, 0.4) is 0 Å². The molecule has 0 radical (unpaired) electrons. The molecule has 33 heavy (non-hydrogen) atoms. The Bertz CT molecular complexity index is 1360. The average molecular weight is 464 g/mol. The Morgan fingerprint density at radius 3 is 2.52 bits per heavy atom. The molecule has 2 heterocycles. The number of nitrogens with zero attached hydrogens (tertiary/aromatic N) is 3. The maximum Gasteiger partial charge on any atom is 0.251 e. The molecule has 170 valence electrons. The highest BCUT2D eigenvalue weighted by Crippen LogP contribution is 2.37. The van der Waals surface area contributed by atoms with Gasteiger partial charge in [0.15, 0.2) is 0 Å². The number of hydrogen-bond donors (Lipinski definition) is 2. The van der Waals surface area contributed by atoms with Crippen LogP contribution in [0.5, 0.6) is 0 Å². The normalized spacial score (nSPS) is 19.8. The molecule has 0 saturated heterocycles. The number of aromatic nitrogens is 2. The highest BCUT2D eigenvalue weighted by atomic mass is 32.2. The van der Waals surface area contributed by atoms with Crippen molar-refractivity contribution < 1.29 is 13.2 Å². The standard InChI is InChI=1S/C24H25N5O3S/c1-14-11-21(14)29(2)33(31,32)18-6-3-15(4-7-18)20-13-27-23(25)22(28-20)17-5-8-19-16(12-17)9-10-26-24(19)30/h3-8,12-14,21H,9-11H2,1-2H3,(H2,25,27)(H,26,30)/t14-,21-/m1/s1. The SMILES string of the molecule is C[C@@H]1C[C@H]1N(C)S(=O)(=O)c1ccc(-c2cnc(N)c(-c3ccc4c(c3)CCNC4=O)n2)cc1. The van der Waals surface area contributed by atoms with Crippen LogP contribution in [-0.2, 0) is 16.4 Å². The molecular formula is C24H25N5O3S. The van der Waals surface area contributed by atoms with Crippen molar-refractivity contribution in [2.75, 3.05) is 19.3 Å². The molecule has 8 nitrogen and oxygen atoms in total. The highest BCUT2D eigenvalue weighted by Gasteiger charge is 2.41. The second-order valence-corrected chi connectivity index (χ2v) is 10.7. The summed E-state index contributed by atoms with van der Waals surface area (Å²) in [6.45, 7) is 2.65. The van der Waals surface area contributed by atoms with Gasteiger partial charge in [0.05, 0.1) is 16.8 Å². The number of fused-ring (bicyclic) bond motifs is 1. The van der Waals surface area contributed by atoms with Crippen LogP contribution >= 0.6 is 0 Å². The monoisotopic (exact) mass is 463 g/mol. The molecule has 3 aromatic rings. The van der Waals surface area contributed by atoms with Crippen LogP contribution in [0.15, 0.2) is 53.6 Å². The van der Waals surface area contributed by atoms with Crippen molar-refractivity contribution in [3.8, 4) is 22.5 Å². The molecule has 0 unspecified atom stereocenters. The number of benzene rings is 2. The molecule has 1 saturated carbocycles. The predicted molar refractivity (Wildman–Crippen MR) is 126 cm³/mol. The lowest BCUT2D eigenvalue weighted by molar-refractivity contribution is 0.0946. The number of sulfonamides is 1. The summed E-state index contributed by atoms with van der Waals surface area (Å²) in [5, 5.41) is 2.84. The summed E-state index contributed by atoms with van der Waals surface area (Å²) in [4.78, 5) is 21.3. The van der Waals surface area contributed by atoms with E-state index in [4.69, 9.17) is 10.7 Å². The third-order valence-electron chi connectivity index (χ3n) is 6.47. The van der Waals surface area contributed by atoms with Gasteiger partial charge in [0.2, 0.25) is 10.0 Å². The van der Waals surface area contributed by atoms with Gasteiger partial charge in [-0.25, -0.2) is 18.4 Å². The van der Waals surface area contributed by atoms with E-state index in [1.807, 2.05) is 12.1 Å². The number of hydrogen-bond acceptors (Lipinski definition) is 6. The number of nitrogen functional groups attached to an aromatic ring is 1. The number of nitrogens with one attached hydrogen (secondary N) is 1. The molecular weight excluding hydrogens is 438 g/mol. The van der Waals surface area contributed by atoms with Crippen molar-refractivity contribution in [1.29, 1.82) is 0 Å². The van der Waals surface area contributed by atoms with E-state index in [0.717, 1.165) is 29.5 Å². The van der Waals surface area contributed by atoms with Gasteiger partial charge in [-0.3, -0.25) is 4.79 Å². The third kappa shape index (κ3) is 3.87. The first kappa shape index (κ1) is 21.5. The highest BCUT2D eigenvalue weighted by molar-refractivity contribution is 7.89. The molecule has 1 aliphatic heterocycles. The number of rotatable bonds is 5. The molecule has 5 rings (SSSR count). The zero-order chi connectivity index (χ0) is 23.3. The topological polar surface area (TPSA) is 118 Å². The molecule has 2 atom stereocenters. The number of nitrogens with two attached hydrogens (primary N) is 1. The van der Waals surface area contributed by atoms with Gasteiger partial charge in [0.25, 0.3) is 5.91 Å². The zero-order valence-corrected chi connectivity index (χ0v) is 19.3. The average Bonchev–Trinajstić information content (AvgIpc) is 3.55. The van der Waals surface area contributed by atoms with Crippen molar-refractivity contribution in [2.24, 2.45) is 5.92 Å². The van der Waals surface area contributed by atoms with Gasteiger partial charge in [-0.15, -0.1) is 0 Å². The Morgan fingerprint density at radius 2 is 1.82 bits per heavy atom. The minimum Gasteiger partial charge on any atom is -0.382 e. The fourth-order valence-corrected chi connectivity index (χ4v) is 5.74. The second kappa shape index (κ2) is 7.93. The molecule has 1 aromatic heterocycles. The first-order valence-corrected chi connectivity index (χ1v) is 12.3. The first-order valence-electron chi connectivity index (χ1n) is 10.9. The quantitative estimate of drug-likeness (QED) is 0.601. The molecule has 2 aliphatic rings. The van der Waals surface area contributed by atoms with Crippen molar-refractivity contribution in [2.45, 2.75) is 30.7 Å². The van der Waals surface area contributed by atoms with Crippen LogP contribution < -0.4 is 11.1 Å². The molecule has 1 fully saturated rings. The Balaban J connectivity index is 1.45. The van der Waals surface area contributed by atoms with Gasteiger partial charge in [-0.05, 0) is 48.6 Å². The summed E-state index contributed by atoms with van der Waals surface area (Å²) in [5.74, 6) is 0.608. The van der Waals surface area contributed by atoms with E-state index >= 15 is 0 Å². The number of anilines is 1. The molecule has 1 aliphatic carbocycles. The van der Waals surface area contributed by atoms with Crippen molar-refractivity contribution in [3.63, 3.8) is 0 Å². The minimum absolute atomic E-state index is 0.0721. The largest absolute Gasteiger partial charge is 0.382 e. The van der Waals surface area contributed by atoms with Crippen LogP contribution in [0.4, 0.5) is 5.82 Å². The molecule has 0 bridgehead atoms. The van der Waals surface area contributed by atoms with Gasteiger partial charge < -0.3 is 11.1 Å². The van der Waals surface area contributed by atoms with E-state index in [0.29, 0.717) is 35.2 Å². The lowest BCUT2D eigenvalue weighted by Crippen LogP contribution is -2.31. The van der Waals surface area contributed by atoms with Crippen molar-refractivity contribution >= 4 is 21.7 Å². The maximum absolute atomic E-state index is 12.9. The van der Waals surface area contributed by atoms with Crippen LogP contribution in [0.2, 0.25) is 0 Å². The molecule has 1 amide bonds. The van der Waals surface area contributed by atoms with Gasteiger partial charge in [0.1, 0.15) is 11.5 Å². The fraction of sp³-hybridized carbons (Fsp3) is 0.292. The summed E-state index contributed by atoms with van der Waals surface area (Å²) in [7, 11) is -1.90. The summed E-state index contributed by atoms with van der Waals surface area (Å²) in [6.07, 6.45) is 3.21. The molecule has 3 N–H and O–H groups in total. The summed E-state index contributed by atoms with van der Waals surface area (Å²) >= 11 is 0. The van der Waals surface area contributed by atoms with E-state index < -0.39 is 10.0 Å². The van der Waals surface area contributed by atoms with Gasteiger partial charge >= 0.3 is 0 Å². The Labute approximate surface area is 192 Å². The van der Waals surface area contributed by atoms with Gasteiger partial charge in [-0.1, -0.05) is 25.1 Å². The Kier molecular flexibility index (Phi) is 5.18. The second-order valence-electron chi connectivity index (χ2n) is 8.69. The van der Waals surface area contributed by atoms with E-state index in [9.17, 15) is 13.2 Å². The number of carbonyl (C=O) groups excluding carboxylic acids is 1. The van der Waals surface area contributed by atoms with Crippen LogP contribution in [0.25, 0.3) is 22.5 Å². The van der Waals surface area contributed by atoms with Gasteiger partial charge in [-0.2, -0.15) is 4.31 Å². The lowest BCUT2D eigenvalue weighted by atomic mass is 9.96. The van der Waals surface area contributed by atoms with Crippen LogP contribution in [0.1, 0.15) is 29.3 Å². The van der Waals surface area contributed by atoms with E-state index in [1.54, 1.807) is 43.6 Å². The summed E-state index contributed by atoms with van der Waals surface area (Å²) in [6, 6.07) is 12.3. The maximum atomic E-state index is 12.9. The third-order valence-corrected chi connectivity index (χ3v) is 8.36. The molecule has 9 heteroatoms. The molecule has 0 spiro atoms. The van der Waals surface area contributed by atoms with Crippen molar-refractivity contribution in [1.82, 2.24) is 19.6 Å².